The van der Waals surface area contributed by atoms with Gasteiger partial charge in [-0.2, -0.15) is 0 Å². The fourth-order valence-electron chi connectivity index (χ4n) is 1.44. The average molecular weight is 268 g/mol. The molecule has 0 unspecified atom stereocenters. The van der Waals surface area contributed by atoms with Crippen LogP contribution < -0.4 is 0 Å². The Morgan fingerprint density at radius 2 is 1.65 bits per heavy atom. The third-order valence-electron chi connectivity index (χ3n) is 2.18. The van der Waals surface area contributed by atoms with E-state index in [2.05, 4.69) is 4.98 Å². The van der Waals surface area contributed by atoms with Gasteiger partial charge in [-0.25, -0.2) is 4.79 Å². The fourth-order valence-corrected chi connectivity index (χ4v) is 1.96. The number of carboxylic acid groups (broad SMARTS) is 1. The Morgan fingerprint density at radius 1 is 1.00 bits per heavy atom. The Bertz CT molecular complexity index is 564. The van der Waals surface area contributed by atoms with Crippen LogP contribution >= 0.6 is 23.2 Å². The number of pyridine rings is 1. The smallest absolute Gasteiger partial charge is 0.337 e. The number of halogens is 2. The third kappa shape index (κ3) is 2.75. The van der Waals surface area contributed by atoms with Crippen molar-refractivity contribution in [1.82, 2.24) is 4.98 Å². The Kier molecular flexibility index (Phi) is 3.31. The zero-order chi connectivity index (χ0) is 12.4. The summed E-state index contributed by atoms with van der Waals surface area (Å²) in [7, 11) is 0. The SMILES string of the molecule is O=C(O)c1cncc(-c2cc(Cl)cc(Cl)c2)c1. The molecular weight excluding hydrogens is 261 g/mol. The lowest BCUT2D eigenvalue weighted by Gasteiger charge is -2.04. The number of hydrogen-bond acceptors (Lipinski definition) is 2. The molecule has 0 saturated heterocycles. The minimum absolute atomic E-state index is 0.124. The topological polar surface area (TPSA) is 50.2 Å². The summed E-state index contributed by atoms with van der Waals surface area (Å²) in [5.74, 6) is -1.02. The number of benzene rings is 1. The molecule has 0 fully saturated rings. The monoisotopic (exact) mass is 267 g/mol. The van der Waals surface area contributed by atoms with Crippen molar-refractivity contribution in [2.45, 2.75) is 0 Å². The summed E-state index contributed by atoms with van der Waals surface area (Å²) in [6.45, 7) is 0. The van der Waals surface area contributed by atoms with Crippen LogP contribution in [-0.4, -0.2) is 16.1 Å². The number of carbonyl (C=O) groups is 1. The first-order valence-corrected chi connectivity index (χ1v) is 5.46. The highest BCUT2D eigenvalue weighted by Crippen LogP contribution is 2.27. The molecule has 2 aromatic rings. The van der Waals surface area contributed by atoms with E-state index in [1.807, 2.05) is 0 Å². The molecule has 0 spiro atoms. The molecule has 0 aliphatic rings. The van der Waals surface area contributed by atoms with Crippen LogP contribution in [-0.2, 0) is 0 Å². The molecule has 2 rings (SSSR count). The molecule has 0 aliphatic carbocycles. The summed E-state index contributed by atoms with van der Waals surface area (Å²) in [5, 5.41) is 9.86. The van der Waals surface area contributed by atoms with Gasteiger partial charge in [-0.3, -0.25) is 4.98 Å². The van der Waals surface area contributed by atoms with E-state index in [0.29, 0.717) is 15.6 Å². The zero-order valence-corrected chi connectivity index (χ0v) is 10.0. The van der Waals surface area contributed by atoms with Crippen LogP contribution in [0.5, 0.6) is 0 Å². The van der Waals surface area contributed by atoms with Gasteiger partial charge in [-0.05, 0) is 29.8 Å². The third-order valence-corrected chi connectivity index (χ3v) is 2.62. The van der Waals surface area contributed by atoms with Crippen molar-refractivity contribution >= 4 is 29.2 Å². The second-order valence-electron chi connectivity index (χ2n) is 3.43. The molecule has 86 valence electrons. The first-order valence-electron chi connectivity index (χ1n) is 4.71. The van der Waals surface area contributed by atoms with E-state index in [1.165, 1.54) is 12.3 Å². The zero-order valence-electron chi connectivity index (χ0n) is 8.52. The predicted octanol–water partition coefficient (Wildman–Crippen LogP) is 3.75. The summed E-state index contributed by atoms with van der Waals surface area (Å²) in [6, 6.07) is 6.55. The fraction of sp³-hybridized carbons (Fsp3) is 0. The van der Waals surface area contributed by atoms with Crippen molar-refractivity contribution in [2.24, 2.45) is 0 Å². The van der Waals surface area contributed by atoms with Gasteiger partial charge in [0.15, 0.2) is 0 Å². The van der Waals surface area contributed by atoms with Gasteiger partial charge >= 0.3 is 5.97 Å². The van der Waals surface area contributed by atoms with Crippen LogP contribution in [0, 0.1) is 0 Å². The second kappa shape index (κ2) is 4.73. The van der Waals surface area contributed by atoms with Gasteiger partial charge in [0, 0.05) is 28.0 Å². The number of aromatic carboxylic acids is 1. The lowest BCUT2D eigenvalue weighted by molar-refractivity contribution is 0.0696. The molecule has 5 heteroatoms. The molecule has 1 N–H and O–H groups in total. The maximum Gasteiger partial charge on any atom is 0.337 e. The van der Waals surface area contributed by atoms with Crippen molar-refractivity contribution in [3.05, 3.63) is 52.3 Å². The number of carboxylic acids is 1. The highest BCUT2D eigenvalue weighted by Gasteiger charge is 2.07. The molecule has 0 saturated carbocycles. The number of aromatic nitrogens is 1. The number of rotatable bonds is 2. The predicted molar refractivity (Wildman–Crippen MR) is 66.7 cm³/mol. The molecule has 0 bridgehead atoms. The second-order valence-corrected chi connectivity index (χ2v) is 4.30. The molecule has 0 radical (unpaired) electrons. The lowest BCUT2D eigenvalue weighted by Crippen LogP contribution is -1.97. The number of nitrogens with zero attached hydrogens (tertiary/aromatic N) is 1. The van der Waals surface area contributed by atoms with Gasteiger partial charge in [0.25, 0.3) is 0 Å². The molecular formula is C12H7Cl2NO2. The van der Waals surface area contributed by atoms with Crippen LogP contribution in [0.4, 0.5) is 0 Å². The minimum Gasteiger partial charge on any atom is -0.478 e. The van der Waals surface area contributed by atoms with E-state index in [-0.39, 0.29) is 5.56 Å². The lowest BCUT2D eigenvalue weighted by atomic mass is 10.1. The molecule has 17 heavy (non-hydrogen) atoms. The quantitative estimate of drug-likeness (QED) is 0.902. The van der Waals surface area contributed by atoms with Crippen LogP contribution in [0.1, 0.15) is 10.4 Å². The molecule has 1 aromatic heterocycles. The van der Waals surface area contributed by atoms with Crippen LogP contribution in [0.2, 0.25) is 10.0 Å². The Labute approximate surface area is 108 Å². The first kappa shape index (κ1) is 11.9. The van der Waals surface area contributed by atoms with Gasteiger partial charge in [-0.15, -0.1) is 0 Å². The molecule has 0 amide bonds. The molecule has 1 heterocycles. The maximum absolute atomic E-state index is 10.8. The van der Waals surface area contributed by atoms with E-state index >= 15 is 0 Å². The van der Waals surface area contributed by atoms with Crippen LogP contribution in [0.15, 0.2) is 36.7 Å². The first-order chi connectivity index (χ1) is 8.06. The Balaban J connectivity index is 2.52. The molecule has 1 aromatic carbocycles. The average Bonchev–Trinajstić information content (AvgIpc) is 2.28. The summed E-state index contributed by atoms with van der Waals surface area (Å²) in [6.07, 6.45) is 2.85. The van der Waals surface area contributed by atoms with Crippen LogP contribution in [0.3, 0.4) is 0 Å². The standard InChI is InChI=1S/C12H7Cl2NO2/c13-10-2-7(3-11(14)4-10)8-1-9(12(16)17)6-15-5-8/h1-6H,(H,16,17). The van der Waals surface area contributed by atoms with Gasteiger partial charge in [0.1, 0.15) is 0 Å². The summed E-state index contributed by atoms with van der Waals surface area (Å²) < 4.78 is 0. The summed E-state index contributed by atoms with van der Waals surface area (Å²) in [4.78, 5) is 14.7. The van der Waals surface area contributed by atoms with Crippen molar-refractivity contribution in [1.29, 1.82) is 0 Å². The molecule has 3 nitrogen and oxygen atoms in total. The van der Waals surface area contributed by atoms with E-state index in [9.17, 15) is 4.79 Å². The van der Waals surface area contributed by atoms with Crippen molar-refractivity contribution < 1.29 is 9.90 Å². The van der Waals surface area contributed by atoms with Gasteiger partial charge in [0.2, 0.25) is 0 Å². The minimum atomic E-state index is -1.02. The Hall–Kier alpha value is -1.58. The van der Waals surface area contributed by atoms with Crippen molar-refractivity contribution in [2.75, 3.05) is 0 Å². The molecule has 0 aliphatic heterocycles. The van der Waals surface area contributed by atoms with E-state index in [1.54, 1.807) is 24.4 Å². The Morgan fingerprint density at radius 3 is 2.24 bits per heavy atom. The van der Waals surface area contributed by atoms with Gasteiger partial charge in [-0.1, -0.05) is 23.2 Å². The van der Waals surface area contributed by atoms with Crippen molar-refractivity contribution in [3.63, 3.8) is 0 Å². The highest BCUT2D eigenvalue weighted by atomic mass is 35.5. The highest BCUT2D eigenvalue weighted by molar-refractivity contribution is 6.35. The maximum atomic E-state index is 10.8. The van der Waals surface area contributed by atoms with Crippen LogP contribution in [0.25, 0.3) is 11.1 Å². The molecule has 0 atom stereocenters. The van der Waals surface area contributed by atoms with Gasteiger partial charge in [0.05, 0.1) is 5.56 Å². The largest absolute Gasteiger partial charge is 0.478 e. The summed E-state index contributed by atoms with van der Waals surface area (Å²) in [5.41, 5.74) is 1.52. The number of hydrogen-bond donors (Lipinski definition) is 1. The van der Waals surface area contributed by atoms with E-state index < -0.39 is 5.97 Å². The van der Waals surface area contributed by atoms with Gasteiger partial charge < -0.3 is 5.11 Å². The van der Waals surface area contributed by atoms with E-state index in [0.717, 1.165) is 5.56 Å². The van der Waals surface area contributed by atoms with Crippen molar-refractivity contribution in [3.8, 4) is 11.1 Å². The normalized spacial score (nSPS) is 10.2. The summed E-state index contributed by atoms with van der Waals surface area (Å²) >= 11 is 11.8. The van der Waals surface area contributed by atoms with E-state index in [4.69, 9.17) is 28.3 Å².